The van der Waals surface area contributed by atoms with E-state index in [9.17, 15) is 4.79 Å². The molecule has 0 saturated carbocycles. The average Bonchev–Trinajstić information content (AvgIpc) is 2.33. The van der Waals surface area contributed by atoms with Crippen molar-refractivity contribution in [1.82, 2.24) is 4.98 Å². The molecule has 0 saturated heterocycles. The molecular weight excluding hydrogens is 202 g/mol. The Morgan fingerprint density at radius 2 is 1.94 bits per heavy atom. The zero-order chi connectivity index (χ0) is 11.4. The highest BCUT2D eigenvalue weighted by molar-refractivity contribution is 5.74. The molecule has 0 bridgehead atoms. The maximum Gasteiger partial charge on any atom is 0.222 e. The van der Waals surface area contributed by atoms with Gasteiger partial charge in [-0.2, -0.15) is 0 Å². The van der Waals surface area contributed by atoms with Crippen LogP contribution in [0.4, 0.5) is 0 Å². The largest absolute Gasteiger partial charge is 0.439 e. The molecule has 2 aromatic rings. The number of pyridine rings is 1. The van der Waals surface area contributed by atoms with E-state index < -0.39 is 0 Å². The van der Waals surface area contributed by atoms with E-state index in [-0.39, 0.29) is 0 Å². The van der Waals surface area contributed by atoms with Crippen molar-refractivity contribution >= 4 is 6.29 Å². The fourth-order valence-corrected chi connectivity index (χ4v) is 1.30. The lowest BCUT2D eigenvalue weighted by Gasteiger charge is -2.06. The van der Waals surface area contributed by atoms with E-state index >= 15 is 0 Å². The molecule has 0 spiro atoms. The van der Waals surface area contributed by atoms with Gasteiger partial charge in [-0.05, 0) is 37.3 Å². The van der Waals surface area contributed by atoms with Crippen LogP contribution in [0.2, 0.25) is 0 Å². The minimum Gasteiger partial charge on any atom is -0.439 e. The van der Waals surface area contributed by atoms with Gasteiger partial charge in [-0.3, -0.25) is 4.79 Å². The first-order valence-electron chi connectivity index (χ1n) is 4.94. The first-order valence-corrected chi connectivity index (χ1v) is 4.94. The molecule has 0 radical (unpaired) electrons. The van der Waals surface area contributed by atoms with Crippen LogP contribution in [0.3, 0.4) is 0 Å². The van der Waals surface area contributed by atoms with Gasteiger partial charge in [0.15, 0.2) is 0 Å². The highest BCUT2D eigenvalue weighted by Gasteiger charge is 2.01. The summed E-state index contributed by atoms with van der Waals surface area (Å²) < 4.78 is 5.58. The van der Waals surface area contributed by atoms with Gasteiger partial charge in [-0.15, -0.1) is 0 Å². The zero-order valence-electron chi connectivity index (χ0n) is 8.88. The third-order valence-electron chi connectivity index (χ3n) is 2.19. The minimum absolute atomic E-state index is 0.585. The molecule has 3 nitrogen and oxygen atoms in total. The lowest BCUT2D eigenvalue weighted by Crippen LogP contribution is -1.90. The summed E-state index contributed by atoms with van der Waals surface area (Å²) in [6.07, 6.45) is 2.48. The van der Waals surface area contributed by atoms with Crippen molar-refractivity contribution in [2.45, 2.75) is 6.92 Å². The van der Waals surface area contributed by atoms with Gasteiger partial charge in [0.05, 0.1) is 0 Å². The van der Waals surface area contributed by atoms with Gasteiger partial charge in [0.2, 0.25) is 5.88 Å². The Hall–Kier alpha value is -2.16. The minimum atomic E-state index is 0.585. The van der Waals surface area contributed by atoms with Crippen LogP contribution in [0.25, 0.3) is 0 Å². The topological polar surface area (TPSA) is 39.2 Å². The van der Waals surface area contributed by atoms with Crippen LogP contribution < -0.4 is 4.74 Å². The molecule has 0 aliphatic carbocycles. The number of nitrogens with zero attached hydrogens (tertiary/aromatic N) is 1. The van der Waals surface area contributed by atoms with Gasteiger partial charge >= 0.3 is 0 Å². The molecule has 0 fully saturated rings. The van der Waals surface area contributed by atoms with Gasteiger partial charge in [0.25, 0.3) is 0 Å². The summed E-state index contributed by atoms with van der Waals surface area (Å²) >= 11 is 0. The van der Waals surface area contributed by atoms with Crippen molar-refractivity contribution in [2.75, 3.05) is 0 Å². The normalized spacial score (nSPS) is 9.81. The number of aryl methyl sites for hydroxylation is 1. The van der Waals surface area contributed by atoms with Crippen LogP contribution in [0.1, 0.15) is 15.9 Å². The number of carbonyl (C=O) groups excluding carboxylic acids is 1. The SMILES string of the molecule is Cc1cccnc1Oc1ccc(C=O)cc1. The maximum atomic E-state index is 10.5. The first kappa shape index (κ1) is 10.4. The van der Waals surface area contributed by atoms with Crippen molar-refractivity contribution in [3.8, 4) is 11.6 Å². The standard InChI is InChI=1S/C13H11NO2/c1-10-3-2-8-14-13(10)16-12-6-4-11(9-15)5-7-12/h2-9H,1H3. The van der Waals surface area contributed by atoms with Crippen molar-refractivity contribution in [3.05, 3.63) is 53.7 Å². The van der Waals surface area contributed by atoms with E-state index in [0.29, 0.717) is 17.2 Å². The third-order valence-corrected chi connectivity index (χ3v) is 2.19. The molecule has 0 unspecified atom stereocenters. The Balaban J connectivity index is 2.21. The zero-order valence-corrected chi connectivity index (χ0v) is 8.88. The van der Waals surface area contributed by atoms with Gasteiger partial charge in [0, 0.05) is 17.3 Å². The van der Waals surface area contributed by atoms with Crippen molar-refractivity contribution in [1.29, 1.82) is 0 Å². The van der Waals surface area contributed by atoms with Crippen LogP contribution >= 0.6 is 0 Å². The Morgan fingerprint density at radius 1 is 1.19 bits per heavy atom. The summed E-state index contributed by atoms with van der Waals surface area (Å²) in [4.78, 5) is 14.6. The summed E-state index contributed by atoms with van der Waals surface area (Å²) in [5.74, 6) is 1.26. The monoisotopic (exact) mass is 213 g/mol. The molecule has 1 heterocycles. The molecule has 0 aliphatic rings. The molecule has 1 aromatic heterocycles. The Bertz CT molecular complexity index is 492. The van der Waals surface area contributed by atoms with Gasteiger partial charge in [-0.1, -0.05) is 6.07 Å². The number of hydrogen-bond acceptors (Lipinski definition) is 3. The number of carbonyl (C=O) groups is 1. The second kappa shape index (κ2) is 4.57. The van der Waals surface area contributed by atoms with Crippen LogP contribution in [0.5, 0.6) is 11.6 Å². The summed E-state index contributed by atoms with van der Waals surface area (Å²) in [5, 5.41) is 0. The van der Waals surface area contributed by atoms with E-state index in [2.05, 4.69) is 4.98 Å². The second-order valence-electron chi connectivity index (χ2n) is 3.41. The highest BCUT2D eigenvalue weighted by atomic mass is 16.5. The van der Waals surface area contributed by atoms with Gasteiger partial charge < -0.3 is 4.74 Å². The molecular formula is C13H11NO2. The molecule has 0 N–H and O–H groups in total. The number of aromatic nitrogens is 1. The van der Waals surface area contributed by atoms with Crippen LogP contribution in [0, 0.1) is 6.92 Å². The van der Waals surface area contributed by atoms with Crippen molar-refractivity contribution in [2.24, 2.45) is 0 Å². The van der Waals surface area contributed by atoms with Crippen LogP contribution in [0.15, 0.2) is 42.6 Å². The molecule has 0 amide bonds. The number of hydrogen-bond donors (Lipinski definition) is 0. The predicted octanol–water partition coefficient (Wildman–Crippen LogP) is 2.99. The lowest BCUT2D eigenvalue weighted by molar-refractivity contribution is 0.112. The van der Waals surface area contributed by atoms with Crippen LogP contribution in [-0.2, 0) is 0 Å². The van der Waals surface area contributed by atoms with E-state index in [0.717, 1.165) is 11.8 Å². The summed E-state index contributed by atoms with van der Waals surface area (Å²) in [6, 6.07) is 10.7. The Kier molecular flexibility index (Phi) is 2.96. The molecule has 0 atom stereocenters. The lowest BCUT2D eigenvalue weighted by atomic mass is 10.2. The second-order valence-corrected chi connectivity index (χ2v) is 3.41. The fraction of sp³-hybridized carbons (Fsp3) is 0.0769. The Labute approximate surface area is 93.7 Å². The van der Waals surface area contributed by atoms with E-state index in [1.807, 2.05) is 19.1 Å². The van der Waals surface area contributed by atoms with Gasteiger partial charge in [0.1, 0.15) is 12.0 Å². The summed E-state index contributed by atoms with van der Waals surface area (Å²) in [7, 11) is 0. The smallest absolute Gasteiger partial charge is 0.222 e. The average molecular weight is 213 g/mol. The van der Waals surface area contributed by atoms with Crippen molar-refractivity contribution in [3.63, 3.8) is 0 Å². The quantitative estimate of drug-likeness (QED) is 0.736. The number of rotatable bonds is 3. The third kappa shape index (κ3) is 2.25. The highest BCUT2D eigenvalue weighted by Crippen LogP contribution is 2.21. The maximum absolute atomic E-state index is 10.5. The number of ether oxygens (including phenoxy) is 1. The molecule has 80 valence electrons. The van der Waals surface area contributed by atoms with Crippen LogP contribution in [-0.4, -0.2) is 11.3 Å². The number of benzene rings is 1. The number of aldehydes is 1. The fourth-order valence-electron chi connectivity index (χ4n) is 1.30. The van der Waals surface area contributed by atoms with E-state index in [4.69, 9.17) is 4.74 Å². The molecule has 2 rings (SSSR count). The molecule has 1 aromatic carbocycles. The summed E-state index contributed by atoms with van der Waals surface area (Å²) in [6.45, 7) is 1.93. The predicted molar refractivity (Wildman–Crippen MR) is 60.9 cm³/mol. The van der Waals surface area contributed by atoms with E-state index in [1.54, 1.807) is 30.5 Å². The molecule has 16 heavy (non-hydrogen) atoms. The molecule has 0 aliphatic heterocycles. The van der Waals surface area contributed by atoms with Crippen molar-refractivity contribution < 1.29 is 9.53 Å². The first-order chi connectivity index (χ1) is 7.79. The summed E-state index contributed by atoms with van der Waals surface area (Å²) in [5.41, 5.74) is 1.60. The van der Waals surface area contributed by atoms with E-state index in [1.165, 1.54) is 0 Å². The van der Waals surface area contributed by atoms with Gasteiger partial charge in [-0.25, -0.2) is 4.98 Å². The molecule has 3 heteroatoms. The Morgan fingerprint density at radius 3 is 2.56 bits per heavy atom.